The number of nitrogens with zero attached hydrogens (tertiary/aromatic N) is 2. The fourth-order valence-corrected chi connectivity index (χ4v) is 2.62. The summed E-state index contributed by atoms with van der Waals surface area (Å²) in [7, 11) is 0. The average molecular weight is 384 g/mol. The van der Waals surface area contributed by atoms with Crippen LogP contribution in [0, 0.1) is 0 Å². The molecule has 6 nitrogen and oxygen atoms in total. The maximum atomic E-state index is 13.1. The zero-order chi connectivity index (χ0) is 19.1. The molecule has 0 spiro atoms. The number of alkyl halides is 3. The minimum atomic E-state index is -4.74. The number of aromatic nitrogens is 1. The van der Waals surface area contributed by atoms with Crippen LogP contribution < -0.4 is 5.32 Å². The summed E-state index contributed by atoms with van der Waals surface area (Å²) in [5, 5.41) is 1.90. The van der Waals surface area contributed by atoms with Crippen molar-refractivity contribution in [1.29, 1.82) is 0 Å². The van der Waals surface area contributed by atoms with Gasteiger partial charge in [0.25, 0.3) is 11.8 Å². The lowest BCUT2D eigenvalue weighted by atomic mass is 10.1. The Morgan fingerprint density at radius 3 is 2.58 bits per heavy atom. The van der Waals surface area contributed by atoms with Gasteiger partial charge in [-0.3, -0.25) is 24.3 Å². The Morgan fingerprint density at radius 1 is 1.19 bits per heavy atom. The van der Waals surface area contributed by atoms with Gasteiger partial charge in [0.05, 0.1) is 16.8 Å². The molecule has 2 aromatic rings. The first-order valence-corrected chi connectivity index (χ1v) is 7.54. The Hall–Kier alpha value is -2.94. The van der Waals surface area contributed by atoms with Crippen molar-refractivity contribution in [3.05, 3.63) is 58.4 Å². The van der Waals surface area contributed by atoms with Gasteiger partial charge in [-0.05, 0) is 30.3 Å². The van der Waals surface area contributed by atoms with E-state index in [-0.39, 0.29) is 16.3 Å². The summed E-state index contributed by atoms with van der Waals surface area (Å²) in [5.74, 6) is -2.49. The second-order valence-corrected chi connectivity index (χ2v) is 5.77. The van der Waals surface area contributed by atoms with Crippen molar-refractivity contribution in [3.8, 4) is 0 Å². The van der Waals surface area contributed by atoms with E-state index >= 15 is 0 Å². The van der Waals surface area contributed by atoms with E-state index < -0.39 is 41.7 Å². The van der Waals surface area contributed by atoms with Gasteiger partial charge in [-0.2, -0.15) is 13.2 Å². The molecule has 3 amide bonds. The summed E-state index contributed by atoms with van der Waals surface area (Å²) in [4.78, 5) is 40.8. The summed E-state index contributed by atoms with van der Waals surface area (Å²) < 4.78 is 39.2. The number of carbonyl (C=O) groups is 3. The molecule has 0 fully saturated rings. The van der Waals surface area contributed by atoms with Gasteiger partial charge in [0.2, 0.25) is 5.91 Å². The van der Waals surface area contributed by atoms with Crippen molar-refractivity contribution in [2.24, 2.45) is 0 Å². The third-order valence-electron chi connectivity index (χ3n) is 3.59. The van der Waals surface area contributed by atoms with Gasteiger partial charge in [-0.15, -0.1) is 0 Å². The van der Waals surface area contributed by atoms with E-state index in [2.05, 4.69) is 10.3 Å². The van der Waals surface area contributed by atoms with Crippen molar-refractivity contribution < 1.29 is 27.6 Å². The van der Waals surface area contributed by atoms with E-state index in [1.54, 1.807) is 0 Å². The van der Waals surface area contributed by atoms with Crippen LogP contribution in [0.2, 0.25) is 5.02 Å². The van der Waals surface area contributed by atoms with E-state index in [0.29, 0.717) is 11.0 Å². The monoisotopic (exact) mass is 383 g/mol. The molecule has 0 aliphatic carbocycles. The van der Waals surface area contributed by atoms with Crippen molar-refractivity contribution in [3.63, 3.8) is 0 Å². The quantitative estimate of drug-likeness (QED) is 0.826. The molecular weight excluding hydrogens is 375 g/mol. The standard InChI is InChI=1S/C16H9ClF3N3O3/c17-8-3-4-11(10(6-8)16(18,19)20)22-12(24)7-23-14(25)9-2-1-5-21-13(9)15(23)26/h1-6H,7H2,(H,22,24). The average Bonchev–Trinajstić information content (AvgIpc) is 2.81. The molecule has 1 aliphatic heterocycles. The van der Waals surface area contributed by atoms with Gasteiger partial charge in [0.15, 0.2) is 0 Å². The molecule has 3 rings (SSSR count). The van der Waals surface area contributed by atoms with Crippen LogP contribution in [0.3, 0.4) is 0 Å². The van der Waals surface area contributed by atoms with Gasteiger partial charge < -0.3 is 5.32 Å². The number of anilines is 1. The summed E-state index contributed by atoms with van der Waals surface area (Å²) in [5.41, 5.74) is -1.73. The molecule has 1 aromatic heterocycles. The molecule has 1 aromatic carbocycles. The normalized spacial score (nSPS) is 13.8. The number of nitrogens with one attached hydrogen (secondary N) is 1. The topological polar surface area (TPSA) is 79.4 Å². The van der Waals surface area contributed by atoms with Crippen molar-refractivity contribution in [2.45, 2.75) is 6.18 Å². The molecule has 10 heteroatoms. The zero-order valence-corrected chi connectivity index (χ0v) is 13.6. The maximum Gasteiger partial charge on any atom is 0.418 e. The fourth-order valence-electron chi connectivity index (χ4n) is 2.45. The van der Waals surface area contributed by atoms with E-state index in [0.717, 1.165) is 6.07 Å². The molecule has 0 bridgehead atoms. The Balaban J connectivity index is 1.79. The first-order chi connectivity index (χ1) is 12.2. The maximum absolute atomic E-state index is 13.1. The van der Waals surface area contributed by atoms with Gasteiger partial charge in [-0.1, -0.05) is 11.6 Å². The largest absolute Gasteiger partial charge is 0.418 e. The van der Waals surface area contributed by atoms with Gasteiger partial charge >= 0.3 is 6.18 Å². The van der Waals surface area contributed by atoms with Crippen LogP contribution in [0.15, 0.2) is 36.5 Å². The highest BCUT2D eigenvalue weighted by molar-refractivity contribution is 6.30. The molecule has 0 saturated heterocycles. The third-order valence-corrected chi connectivity index (χ3v) is 3.83. The number of halogens is 4. The molecule has 0 radical (unpaired) electrons. The number of carbonyl (C=O) groups excluding carboxylic acids is 3. The lowest BCUT2D eigenvalue weighted by Crippen LogP contribution is -2.37. The Kier molecular flexibility index (Phi) is 4.41. The van der Waals surface area contributed by atoms with Crippen LogP contribution in [0.5, 0.6) is 0 Å². The Labute approximate surface area is 149 Å². The zero-order valence-electron chi connectivity index (χ0n) is 12.8. The van der Waals surface area contributed by atoms with Gasteiger partial charge in [0, 0.05) is 11.2 Å². The Bertz CT molecular complexity index is 895. The van der Waals surface area contributed by atoms with E-state index in [9.17, 15) is 27.6 Å². The third kappa shape index (κ3) is 3.25. The summed E-state index contributed by atoms with van der Waals surface area (Å²) >= 11 is 5.57. The van der Waals surface area contributed by atoms with Crippen LogP contribution in [0.1, 0.15) is 26.4 Å². The molecule has 0 unspecified atom stereocenters. The minimum Gasteiger partial charge on any atom is -0.324 e. The first-order valence-electron chi connectivity index (χ1n) is 7.16. The second kappa shape index (κ2) is 6.41. The van der Waals surface area contributed by atoms with Crippen LogP contribution in [0.4, 0.5) is 18.9 Å². The van der Waals surface area contributed by atoms with Crippen LogP contribution in [0.25, 0.3) is 0 Å². The number of benzene rings is 1. The number of hydrogen-bond donors (Lipinski definition) is 1. The van der Waals surface area contributed by atoms with E-state index in [4.69, 9.17) is 11.6 Å². The first kappa shape index (κ1) is 17.9. The van der Waals surface area contributed by atoms with Crippen LogP contribution in [-0.4, -0.2) is 34.2 Å². The smallest absolute Gasteiger partial charge is 0.324 e. The molecule has 2 heterocycles. The highest BCUT2D eigenvalue weighted by atomic mass is 35.5. The van der Waals surface area contributed by atoms with Crippen molar-refractivity contribution >= 4 is 35.0 Å². The molecule has 134 valence electrons. The van der Waals surface area contributed by atoms with Gasteiger partial charge in [0.1, 0.15) is 12.2 Å². The predicted molar refractivity (Wildman–Crippen MR) is 84.7 cm³/mol. The lowest BCUT2D eigenvalue weighted by molar-refractivity contribution is -0.137. The SMILES string of the molecule is O=C(CN1C(=O)c2cccnc2C1=O)Nc1ccc(Cl)cc1C(F)(F)F. The summed E-state index contributed by atoms with van der Waals surface area (Å²) in [6.45, 7) is -0.742. The van der Waals surface area contributed by atoms with Crippen LogP contribution in [-0.2, 0) is 11.0 Å². The van der Waals surface area contributed by atoms with Gasteiger partial charge in [-0.25, -0.2) is 0 Å². The van der Waals surface area contributed by atoms with E-state index in [1.165, 1.54) is 24.4 Å². The highest BCUT2D eigenvalue weighted by Crippen LogP contribution is 2.36. The Morgan fingerprint density at radius 2 is 1.92 bits per heavy atom. The lowest BCUT2D eigenvalue weighted by Gasteiger charge is -2.16. The fraction of sp³-hybridized carbons (Fsp3) is 0.125. The number of imide groups is 1. The van der Waals surface area contributed by atoms with Crippen molar-refractivity contribution in [1.82, 2.24) is 9.88 Å². The predicted octanol–water partition coefficient (Wildman–Crippen LogP) is 2.99. The minimum absolute atomic E-state index is 0.0350. The van der Waals surface area contributed by atoms with Crippen LogP contribution >= 0.6 is 11.6 Å². The molecule has 0 atom stereocenters. The highest BCUT2D eigenvalue weighted by Gasteiger charge is 2.38. The number of amides is 3. The molecule has 1 aliphatic rings. The summed E-state index contributed by atoms with van der Waals surface area (Å²) in [6.07, 6.45) is -3.43. The summed E-state index contributed by atoms with van der Waals surface area (Å²) in [6, 6.07) is 5.67. The van der Waals surface area contributed by atoms with Crippen molar-refractivity contribution in [2.75, 3.05) is 11.9 Å². The number of pyridine rings is 1. The number of hydrogen-bond acceptors (Lipinski definition) is 4. The molecular formula is C16H9ClF3N3O3. The molecule has 1 N–H and O–H groups in total. The second-order valence-electron chi connectivity index (χ2n) is 5.33. The van der Waals surface area contributed by atoms with E-state index in [1.807, 2.05) is 0 Å². The number of fused-ring (bicyclic) bond motifs is 1. The molecule has 26 heavy (non-hydrogen) atoms. The number of rotatable bonds is 3. The molecule has 0 saturated carbocycles.